The fourth-order valence-electron chi connectivity index (χ4n) is 3.19. The van der Waals surface area contributed by atoms with Crippen molar-refractivity contribution in [1.82, 2.24) is 5.32 Å². The summed E-state index contributed by atoms with van der Waals surface area (Å²) >= 11 is 0. The molecule has 2 aromatic carbocycles. The van der Waals surface area contributed by atoms with Crippen LogP contribution in [0, 0.1) is 11.3 Å². The van der Waals surface area contributed by atoms with Crippen LogP contribution in [0.4, 0.5) is 0 Å². The third-order valence-corrected chi connectivity index (χ3v) is 4.43. The van der Waals surface area contributed by atoms with Crippen molar-refractivity contribution >= 4 is 0 Å². The molecule has 0 saturated carbocycles. The fraction of sp³-hybridized carbons (Fsp3) is 0.286. The summed E-state index contributed by atoms with van der Waals surface area (Å²) in [5.41, 5.74) is 3.63. The molecule has 2 heteroatoms. The van der Waals surface area contributed by atoms with Gasteiger partial charge in [-0.1, -0.05) is 66.7 Å². The first-order chi connectivity index (χ1) is 11.4. The zero-order valence-corrected chi connectivity index (χ0v) is 13.3. The Labute approximate surface area is 138 Å². The molecule has 1 atom stereocenters. The molecule has 0 fully saturated rings. The van der Waals surface area contributed by atoms with E-state index in [1.54, 1.807) is 0 Å². The molecule has 0 bridgehead atoms. The zero-order chi connectivity index (χ0) is 15.9. The molecule has 3 rings (SSSR count). The summed E-state index contributed by atoms with van der Waals surface area (Å²) in [7, 11) is 0. The van der Waals surface area contributed by atoms with Gasteiger partial charge in [0.2, 0.25) is 0 Å². The van der Waals surface area contributed by atoms with Crippen LogP contribution in [0.1, 0.15) is 42.9 Å². The van der Waals surface area contributed by atoms with E-state index in [0.717, 1.165) is 12.8 Å². The Morgan fingerprint density at radius 2 is 1.48 bits per heavy atom. The maximum atomic E-state index is 9.67. The lowest BCUT2D eigenvalue weighted by molar-refractivity contribution is 0.551. The number of allylic oxidation sites excluding steroid dienone is 1. The van der Waals surface area contributed by atoms with Gasteiger partial charge in [0.25, 0.3) is 0 Å². The predicted octanol–water partition coefficient (Wildman–Crippen LogP) is 4.76. The van der Waals surface area contributed by atoms with Gasteiger partial charge in [-0.05, 0) is 42.4 Å². The Morgan fingerprint density at radius 3 is 1.96 bits per heavy atom. The lowest BCUT2D eigenvalue weighted by atomic mass is 9.92. The van der Waals surface area contributed by atoms with Crippen LogP contribution in [0.25, 0.3) is 0 Å². The van der Waals surface area contributed by atoms with Crippen LogP contribution >= 0.6 is 0 Å². The van der Waals surface area contributed by atoms with E-state index in [1.807, 2.05) is 36.4 Å². The average molecular weight is 302 g/mol. The third kappa shape index (κ3) is 3.88. The molecular weight excluding hydrogens is 280 g/mol. The Bertz CT molecular complexity index is 643. The summed E-state index contributed by atoms with van der Waals surface area (Å²) in [5, 5.41) is 13.2. The van der Waals surface area contributed by atoms with Crippen LogP contribution in [0.5, 0.6) is 0 Å². The van der Waals surface area contributed by atoms with Crippen molar-refractivity contribution in [3.05, 3.63) is 83.4 Å². The molecule has 2 nitrogen and oxygen atoms in total. The SMILES string of the molecule is N#C[C@H](NC(c1ccccc1)c1ccccc1)C1=CCCCC1. The predicted molar refractivity (Wildman–Crippen MR) is 93.8 cm³/mol. The molecule has 0 amide bonds. The minimum Gasteiger partial charge on any atom is -0.288 e. The van der Waals surface area contributed by atoms with Gasteiger partial charge in [-0.3, -0.25) is 5.32 Å². The molecule has 1 aliphatic rings. The van der Waals surface area contributed by atoms with E-state index >= 15 is 0 Å². The van der Waals surface area contributed by atoms with E-state index < -0.39 is 0 Å². The second kappa shape index (κ2) is 7.76. The molecule has 0 radical (unpaired) electrons. The van der Waals surface area contributed by atoms with Gasteiger partial charge in [0.05, 0.1) is 12.1 Å². The molecular formula is C21H22N2. The Morgan fingerprint density at radius 1 is 0.870 bits per heavy atom. The van der Waals surface area contributed by atoms with Crippen molar-refractivity contribution in [3.63, 3.8) is 0 Å². The van der Waals surface area contributed by atoms with Crippen molar-refractivity contribution < 1.29 is 0 Å². The highest BCUT2D eigenvalue weighted by atomic mass is 15.0. The van der Waals surface area contributed by atoms with Gasteiger partial charge in [-0.25, -0.2) is 0 Å². The standard InChI is InChI=1S/C21H22N2/c22-16-20(17-10-4-1-5-11-17)23-21(18-12-6-2-7-13-18)19-14-8-3-9-15-19/h2-3,6-10,12-15,20-21,23H,1,4-5,11H2/t20-/m0/s1. The number of nitrogens with one attached hydrogen (secondary N) is 1. The molecule has 0 saturated heterocycles. The lowest BCUT2D eigenvalue weighted by Gasteiger charge is -2.26. The first-order valence-electron chi connectivity index (χ1n) is 8.33. The number of nitrogens with zero attached hydrogens (tertiary/aromatic N) is 1. The second-order valence-corrected chi connectivity index (χ2v) is 6.01. The van der Waals surface area contributed by atoms with Crippen molar-refractivity contribution in [2.75, 3.05) is 0 Å². The summed E-state index contributed by atoms with van der Waals surface area (Å²) in [4.78, 5) is 0. The summed E-state index contributed by atoms with van der Waals surface area (Å²) in [6.45, 7) is 0. The molecule has 0 heterocycles. The highest BCUT2D eigenvalue weighted by Crippen LogP contribution is 2.26. The second-order valence-electron chi connectivity index (χ2n) is 6.01. The van der Waals surface area contributed by atoms with Gasteiger partial charge in [-0.15, -0.1) is 0 Å². The molecule has 0 spiro atoms. The van der Waals surface area contributed by atoms with Crippen LogP contribution in [0.3, 0.4) is 0 Å². The van der Waals surface area contributed by atoms with E-state index in [9.17, 15) is 5.26 Å². The van der Waals surface area contributed by atoms with Gasteiger partial charge >= 0.3 is 0 Å². The van der Waals surface area contributed by atoms with Crippen molar-refractivity contribution in [1.29, 1.82) is 5.26 Å². The molecule has 0 aliphatic heterocycles. The molecule has 0 unspecified atom stereocenters. The number of rotatable bonds is 5. The van der Waals surface area contributed by atoms with E-state index in [2.05, 4.69) is 41.7 Å². The van der Waals surface area contributed by atoms with Crippen LogP contribution in [0.15, 0.2) is 72.3 Å². The summed E-state index contributed by atoms with van der Waals surface area (Å²) in [6, 6.07) is 23.0. The van der Waals surface area contributed by atoms with Crippen molar-refractivity contribution in [3.8, 4) is 6.07 Å². The first kappa shape index (κ1) is 15.5. The minimum atomic E-state index is -0.222. The normalized spacial score (nSPS) is 15.7. The lowest BCUT2D eigenvalue weighted by Crippen LogP contribution is -2.34. The van der Waals surface area contributed by atoms with Gasteiger partial charge in [0.15, 0.2) is 0 Å². The maximum absolute atomic E-state index is 9.67. The van der Waals surface area contributed by atoms with Crippen LogP contribution in [0.2, 0.25) is 0 Å². The monoisotopic (exact) mass is 302 g/mol. The zero-order valence-electron chi connectivity index (χ0n) is 13.3. The summed E-state index contributed by atoms with van der Waals surface area (Å²) in [5.74, 6) is 0. The van der Waals surface area contributed by atoms with Gasteiger partial charge in [0.1, 0.15) is 6.04 Å². The van der Waals surface area contributed by atoms with E-state index in [0.29, 0.717) is 0 Å². The van der Waals surface area contributed by atoms with E-state index in [-0.39, 0.29) is 12.1 Å². The van der Waals surface area contributed by atoms with Crippen LogP contribution < -0.4 is 5.32 Å². The maximum Gasteiger partial charge on any atom is 0.118 e. The molecule has 0 aromatic heterocycles. The molecule has 116 valence electrons. The Hall–Kier alpha value is -2.37. The van der Waals surface area contributed by atoms with Crippen LogP contribution in [-0.4, -0.2) is 6.04 Å². The quantitative estimate of drug-likeness (QED) is 0.808. The van der Waals surface area contributed by atoms with Crippen molar-refractivity contribution in [2.45, 2.75) is 37.8 Å². The highest BCUT2D eigenvalue weighted by molar-refractivity contribution is 5.33. The first-order valence-corrected chi connectivity index (χ1v) is 8.33. The van der Waals surface area contributed by atoms with Gasteiger partial charge in [0, 0.05) is 0 Å². The van der Waals surface area contributed by atoms with Gasteiger partial charge in [-0.2, -0.15) is 5.26 Å². The fourth-order valence-corrected chi connectivity index (χ4v) is 3.19. The third-order valence-electron chi connectivity index (χ3n) is 4.43. The largest absolute Gasteiger partial charge is 0.288 e. The highest BCUT2D eigenvalue weighted by Gasteiger charge is 2.21. The molecule has 2 aromatic rings. The number of nitriles is 1. The van der Waals surface area contributed by atoms with Gasteiger partial charge < -0.3 is 0 Å². The molecule has 23 heavy (non-hydrogen) atoms. The molecule has 1 N–H and O–H groups in total. The van der Waals surface area contributed by atoms with E-state index in [1.165, 1.54) is 29.5 Å². The Kier molecular flexibility index (Phi) is 5.24. The van der Waals surface area contributed by atoms with E-state index in [4.69, 9.17) is 0 Å². The van der Waals surface area contributed by atoms with Crippen molar-refractivity contribution in [2.24, 2.45) is 0 Å². The Balaban J connectivity index is 1.89. The minimum absolute atomic E-state index is 0.0323. The summed E-state index contributed by atoms with van der Waals surface area (Å²) < 4.78 is 0. The number of hydrogen-bond donors (Lipinski definition) is 1. The van der Waals surface area contributed by atoms with Crippen LogP contribution in [-0.2, 0) is 0 Å². The topological polar surface area (TPSA) is 35.8 Å². The smallest absolute Gasteiger partial charge is 0.118 e. The number of benzene rings is 2. The summed E-state index contributed by atoms with van der Waals surface area (Å²) in [6.07, 6.45) is 6.80. The molecule has 1 aliphatic carbocycles. The number of hydrogen-bond acceptors (Lipinski definition) is 2. The average Bonchev–Trinajstić information content (AvgIpc) is 2.65.